The fourth-order valence-electron chi connectivity index (χ4n) is 1.66. The summed E-state index contributed by atoms with van der Waals surface area (Å²) in [7, 11) is 0. The van der Waals surface area contributed by atoms with Crippen molar-refractivity contribution in [3.63, 3.8) is 0 Å². The zero-order valence-corrected chi connectivity index (χ0v) is 10.2. The largest absolute Gasteiger partial charge is 0.573 e. The maximum Gasteiger partial charge on any atom is 0.573 e. The summed E-state index contributed by atoms with van der Waals surface area (Å²) in [6.07, 6.45) is -4.91. The fraction of sp³-hybridized carbons (Fsp3) is 0.0714. The number of benzene rings is 2. The summed E-state index contributed by atoms with van der Waals surface area (Å²) in [5, 5.41) is 0. The first kappa shape index (κ1) is 15.0. The van der Waals surface area contributed by atoms with Crippen LogP contribution in [0, 0.1) is 11.6 Å². The fourth-order valence-corrected chi connectivity index (χ4v) is 1.66. The van der Waals surface area contributed by atoms with E-state index in [2.05, 4.69) is 4.74 Å². The molecule has 0 spiro atoms. The van der Waals surface area contributed by atoms with E-state index in [0.717, 1.165) is 30.3 Å². The average molecular weight is 302 g/mol. The van der Waals surface area contributed by atoms with Gasteiger partial charge in [-0.25, -0.2) is 8.78 Å². The van der Waals surface area contributed by atoms with E-state index >= 15 is 0 Å². The first-order chi connectivity index (χ1) is 9.76. The van der Waals surface area contributed by atoms with Gasteiger partial charge in [-0.3, -0.25) is 4.79 Å². The maximum absolute atomic E-state index is 13.5. The van der Waals surface area contributed by atoms with Crippen molar-refractivity contribution >= 4 is 5.78 Å². The number of ketones is 1. The maximum atomic E-state index is 13.5. The number of carbonyl (C=O) groups is 1. The van der Waals surface area contributed by atoms with Crippen LogP contribution in [0.3, 0.4) is 0 Å². The number of hydrogen-bond donors (Lipinski definition) is 0. The summed E-state index contributed by atoms with van der Waals surface area (Å²) >= 11 is 0. The van der Waals surface area contributed by atoms with Crippen LogP contribution in [0.5, 0.6) is 5.75 Å². The summed E-state index contributed by atoms with van der Waals surface area (Å²) in [5.74, 6) is -3.37. The van der Waals surface area contributed by atoms with Crippen LogP contribution in [0.4, 0.5) is 22.0 Å². The van der Waals surface area contributed by atoms with Crippen LogP contribution in [0.1, 0.15) is 15.9 Å². The quantitative estimate of drug-likeness (QED) is 0.630. The third-order valence-electron chi connectivity index (χ3n) is 2.50. The molecule has 0 unspecified atom stereocenters. The summed E-state index contributed by atoms with van der Waals surface area (Å²) in [5.41, 5.74) is -0.819. The monoisotopic (exact) mass is 302 g/mol. The topological polar surface area (TPSA) is 26.3 Å². The molecule has 21 heavy (non-hydrogen) atoms. The van der Waals surface area contributed by atoms with Crippen molar-refractivity contribution in [3.05, 3.63) is 65.2 Å². The molecule has 2 aromatic carbocycles. The normalized spacial score (nSPS) is 11.3. The first-order valence-electron chi connectivity index (χ1n) is 5.62. The van der Waals surface area contributed by atoms with Crippen molar-refractivity contribution in [1.82, 2.24) is 0 Å². The second-order valence-electron chi connectivity index (χ2n) is 4.03. The number of rotatable bonds is 3. The Labute approximate surface area is 115 Å². The molecule has 2 aromatic rings. The second-order valence-corrected chi connectivity index (χ2v) is 4.03. The molecule has 2 nitrogen and oxygen atoms in total. The Hall–Kier alpha value is -2.44. The highest BCUT2D eigenvalue weighted by Gasteiger charge is 2.31. The van der Waals surface area contributed by atoms with Gasteiger partial charge in [0.1, 0.15) is 17.4 Å². The lowest BCUT2D eigenvalue weighted by Crippen LogP contribution is -2.17. The Morgan fingerprint density at radius 3 is 2.38 bits per heavy atom. The van der Waals surface area contributed by atoms with Crippen molar-refractivity contribution in [2.24, 2.45) is 0 Å². The smallest absolute Gasteiger partial charge is 0.406 e. The van der Waals surface area contributed by atoms with Crippen LogP contribution in [-0.4, -0.2) is 12.1 Å². The standard InChI is InChI=1S/C14H7F5O2/c15-9-4-5-12(16)11(7-9)13(20)8-2-1-3-10(6-8)21-14(17,18)19/h1-7H. The minimum Gasteiger partial charge on any atom is -0.406 e. The van der Waals surface area contributed by atoms with Crippen LogP contribution in [0.2, 0.25) is 0 Å². The summed E-state index contributed by atoms with van der Waals surface area (Å²) in [6.45, 7) is 0. The van der Waals surface area contributed by atoms with Crippen molar-refractivity contribution in [2.45, 2.75) is 6.36 Å². The lowest BCUT2D eigenvalue weighted by atomic mass is 10.0. The Balaban J connectivity index is 2.35. The molecule has 0 saturated heterocycles. The summed E-state index contributed by atoms with van der Waals surface area (Å²) in [4.78, 5) is 12.0. The molecule has 0 amide bonds. The number of ether oxygens (including phenoxy) is 1. The SMILES string of the molecule is O=C(c1cccc(OC(F)(F)F)c1)c1cc(F)ccc1F. The molecule has 0 aromatic heterocycles. The van der Waals surface area contributed by atoms with Gasteiger partial charge in [0, 0.05) is 5.56 Å². The Bertz CT molecular complexity index is 679. The second kappa shape index (κ2) is 5.51. The van der Waals surface area contributed by atoms with Crippen molar-refractivity contribution in [2.75, 3.05) is 0 Å². The van der Waals surface area contributed by atoms with E-state index in [4.69, 9.17) is 0 Å². The molecule has 7 heteroatoms. The predicted octanol–water partition coefficient (Wildman–Crippen LogP) is 4.09. The van der Waals surface area contributed by atoms with Gasteiger partial charge < -0.3 is 4.74 Å². The molecule has 0 aliphatic heterocycles. The van der Waals surface area contributed by atoms with Crippen molar-refractivity contribution < 1.29 is 31.5 Å². The molecule has 0 saturated carbocycles. The molecule has 0 bridgehead atoms. The third-order valence-corrected chi connectivity index (χ3v) is 2.50. The number of alkyl halides is 3. The van der Waals surface area contributed by atoms with Gasteiger partial charge in [0.05, 0.1) is 5.56 Å². The minimum absolute atomic E-state index is 0.249. The van der Waals surface area contributed by atoms with Gasteiger partial charge in [-0.2, -0.15) is 0 Å². The highest BCUT2D eigenvalue weighted by atomic mass is 19.4. The molecule has 0 aliphatic carbocycles. The molecular formula is C14H7F5O2. The van der Waals surface area contributed by atoms with E-state index in [0.29, 0.717) is 6.07 Å². The Morgan fingerprint density at radius 2 is 1.71 bits per heavy atom. The Kier molecular flexibility index (Phi) is 3.93. The lowest BCUT2D eigenvalue weighted by Gasteiger charge is -2.10. The molecule has 0 fully saturated rings. The van der Waals surface area contributed by atoms with Crippen LogP contribution >= 0.6 is 0 Å². The predicted molar refractivity (Wildman–Crippen MR) is 62.9 cm³/mol. The first-order valence-corrected chi connectivity index (χ1v) is 5.62. The van der Waals surface area contributed by atoms with Gasteiger partial charge in [-0.1, -0.05) is 12.1 Å². The van der Waals surface area contributed by atoms with Gasteiger partial charge in [0.2, 0.25) is 0 Å². The van der Waals surface area contributed by atoms with E-state index in [1.807, 2.05) is 0 Å². The van der Waals surface area contributed by atoms with E-state index in [9.17, 15) is 26.7 Å². The molecule has 0 atom stereocenters. The van der Waals surface area contributed by atoms with Crippen LogP contribution in [0.25, 0.3) is 0 Å². The molecule has 0 radical (unpaired) electrons. The average Bonchev–Trinajstić information content (AvgIpc) is 2.39. The molecule has 0 N–H and O–H groups in total. The van der Waals surface area contributed by atoms with Gasteiger partial charge in [0.15, 0.2) is 5.78 Å². The third kappa shape index (κ3) is 3.77. The molecule has 2 rings (SSSR count). The van der Waals surface area contributed by atoms with Gasteiger partial charge >= 0.3 is 6.36 Å². The van der Waals surface area contributed by atoms with E-state index in [1.54, 1.807) is 0 Å². The van der Waals surface area contributed by atoms with Crippen LogP contribution < -0.4 is 4.74 Å². The lowest BCUT2D eigenvalue weighted by molar-refractivity contribution is -0.274. The summed E-state index contributed by atoms with van der Waals surface area (Å²) in [6, 6.07) is 6.39. The number of halogens is 5. The molecule has 110 valence electrons. The highest BCUT2D eigenvalue weighted by Crippen LogP contribution is 2.24. The van der Waals surface area contributed by atoms with Crippen LogP contribution in [0.15, 0.2) is 42.5 Å². The van der Waals surface area contributed by atoms with Gasteiger partial charge in [-0.05, 0) is 30.3 Å². The van der Waals surface area contributed by atoms with Crippen molar-refractivity contribution in [3.8, 4) is 5.75 Å². The molecular weight excluding hydrogens is 295 g/mol. The zero-order valence-electron chi connectivity index (χ0n) is 10.2. The highest BCUT2D eigenvalue weighted by molar-refractivity contribution is 6.09. The van der Waals surface area contributed by atoms with E-state index in [1.165, 1.54) is 6.07 Å². The van der Waals surface area contributed by atoms with Crippen molar-refractivity contribution in [1.29, 1.82) is 0 Å². The number of carbonyl (C=O) groups excluding carboxylic acids is 1. The molecule has 0 heterocycles. The minimum atomic E-state index is -4.91. The van der Waals surface area contributed by atoms with E-state index < -0.39 is 35.1 Å². The number of hydrogen-bond acceptors (Lipinski definition) is 2. The van der Waals surface area contributed by atoms with Crippen LogP contribution in [-0.2, 0) is 0 Å². The van der Waals surface area contributed by atoms with E-state index in [-0.39, 0.29) is 5.56 Å². The summed E-state index contributed by atoms with van der Waals surface area (Å²) < 4.78 is 66.5. The Morgan fingerprint density at radius 1 is 1.00 bits per heavy atom. The van der Waals surface area contributed by atoms with Gasteiger partial charge in [0.25, 0.3) is 0 Å². The molecule has 0 aliphatic rings. The zero-order chi connectivity index (χ0) is 15.6. The van der Waals surface area contributed by atoms with Gasteiger partial charge in [-0.15, -0.1) is 13.2 Å².